The molecule has 0 unspecified atom stereocenters. The number of aromatic nitrogens is 1. The van der Waals surface area contributed by atoms with Crippen LogP contribution in [-0.4, -0.2) is 22.8 Å². The molecular formula is C25H16N2O6. The average molecular weight is 440 g/mol. The van der Waals surface area contributed by atoms with Gasteiger partial charge in [0, 0.05) is 18.6 Å². The van der Waals surface area contributed by atoms with Crippen molar-refractivity contribution in [1.82, 2.24) is 4.98 Å². The van der Waals surface area contributed by atoms with Crippen LogP contribution in [0.3, 0.4) is 0 Å². The Morgan fingerprint density at radius 1 is 0.939 bits per heavy atom. The smallest absolute Gasteiger partial charge is 0.347 e. The van der Waals surface area contributed by atoms with Crippen molar-refractivity contribution in [3.63, 3.8) is 0 Å². The Morgan fingerprint density at radius 3 is 2.48 bits per heavy atom. The molecule has 3 aromatic carbocycles. The first-order chi connectivity index (χ1) is 15.8. The standard InChI is InChI=1S/C25H16N2O6/c1-13-5-3-8-19-21(13)26-22(33-25(19)31)15-9-10-18-20(11-15)24(30)27(23(18)29)16-6-4-7-17(12-16)32-14(2)28/h3-12H,1-2H3. The lowest BCUT2D eigenvalue weighted by Crippen LogP contribution is -2.29. The lowest BCUT2D eigenvalue weighted by atomic mass is 10.1. The Balaban J connectivity index is 1.57. The second kappa shape index (κ2) is 7.52. The number of hydrogen-bond donors (Lipinski definition) is 0. The van der Waals surface area contributed by atoms with E-state index >= 15 is 0 Å². The van der Waals surface area contributed by atoms with Crippen LogP contribution in [-0.2, 0) is 4.79 Å². The lowest BCUT2D eigenvalue weighted by molar-refractivity contribution is -0.131. The van der Waals surface area contributed by atoms with E-state index in [0.29, 0.717) is 16.5 Å². The maximum absolute atomic E-state index is 13.1. The number of carbonyl (C=O) groups is 3. The number of nitrogens with zero attached hydrogens (tertiary/aromatic N) is 2. The highest BCUT2D eigenvalue weighted by molar-refractivity contribution is 6.34. The Bertz CT molecular complexity index is 1550. The number of benzene rings is 3. The molecule has 1 aliphatic heterocycles. The van der Waals surface area contributed by atoms with Gasteiger partial charge in [0.1, 0.15) is 5.75 Å². The molecule has 0 aliphatic carbocycles. The van der Waals surface area contributed by atoms with Gasteiger partial charge in [-0.25, -0.2) is 14.7 Å². The van der Waals surface area contributed by atoms with Gasteiger partial charge < -0.3 is 9.15 Å². The van der Waals surface area contributed by atoms with Gasteiger partial charge in [0.2, 0.25) is 5.89 Å². The maximum Gasteiger partial charge on any atom is 0.347 e. The monoisotopic (exact) mass is 440 g/mol. The minimum Gasteiger partial charge on any atom is -0.427 e. The molecule has 0 N–H and O–H groups in total. The Hall–Kier alpha value is -4.59. The first kappa shape index (κ1) is 20.3. The molecule has 0 fully saturated rings. The number of rotatable bonds is 3. The minimum atomic E-state index is -0.545. The number of fused-ring (bicyclic) bond motifs is 2. The molecule has 162 valence electrons. The van der Waals surface area contributed by atoms with Crippen molar-refractivity contribution in [2.24, 2.45) is 0 Å². The fraction of sp³-hybridized carbons (Fsp3) is 0.0800. The molecule has 0 bridgehead atoms. The first-order valence-electron chi connectivity index (χ1n) is 10.1. The van der Waals surface area contributed by atoms with Crippen LogP contribution < -0.4 is 15.3 Å². The Kier molecular flexibility index (Phi) is 4.63. The minimum absolute atomic E-state index is 0.0557. The van der Waals surface area contributed by atoms with E-state index < -0.39 is 23.4 Å². The maximum atomic E-state index is 13.1. The molecule has 1 aromatic heterocycles. The summed E-state index contributed by atoms with van der Waals surface area (Å²) < 4.78 is 10.4. The van der Waals surface area contributed by atoms with Crippen molar-refractivity contribution < 1.29 is 23.5 Å². The average Bonchev–Trinajstić information content (AvgIpc) is 3.03. The highest BCUT2D eigenvalue weighted by Gasteiger charge is 2.37. The van der Waals surface area contributed by atoms with Gasteiger partial charge in [-0.05, 0) is 48.9 Å². The molecule has 8 heteroatoms. The molecule has 2 heterocycles. The normalized spacial score (nSPS) is 12.8. The molecule has 0 saturated heterocycles. The van der Waals surface area contributed by atoms with Gasteiger partial charge in [-0.3, -0.25) is 14.4 Å². The number of ether oxygens (including phenoxy) is 1. The summed E-state index contributed by atoms with van der Waals surface area (Å²) in [5.74, 6) is -1.30. The van der Waals surface area contributed by atoms with Gasteiger partial charge in [0.25, 0.3) is 11.8 Å². The number of hydrogen-bond acceptors (Lipinski definition) is 7. The van der Waals surface area contributed by atoms with Gasteiger partial charge >= 0.3 is 11.6 Å². The largest absolute Gasteiger partial charge is 0.427 e. The second-order valence-corrected chi connectivity index (χ2v) is 7.57. The molecule has 0 radical (unpaired) electrons. The van der Waals surface area contributed by atoms with Crippen molar-refractivity contribution >= 4 is 34.4 Å². The van der Waals surface area contributed by atoms with Crippen LogP contribution >= 0.6 is 0 Å². The van der Waals surface area contributed by atoms with Crippen LogP contribution in [0, 0.1) is 6.92 Å². The van der Waals surface area contributed by atoms with E-state index in [0.717, 1.165) is 10.5 Å². The summed E-state index contributed by atoms with van der Waals surface area (Å²) in [4.78, 5) is 55.3. The molecule has 5 rings (SSSR count). The zero-order chi connectivity index (χ0) is 23.3. The van der Waals surface area contributed by atoms with Gasteiger partial charge in [0.05, 0.1) is 27.7 Å². The summed E-state index contributed by atoms with van der Waals surface area (Å²) in [6, 6.07) is 15.9. The van der Waals surface area contributed by atoms with Crippen molar-refractivity contribution in [2.75, 3.05) is 4.90 Å². The molecule has 8 nitrogen and oxygen atoms in total. The predicted molar refractivity (Wildman–Crippen MR) is 119 cm³/mol. The third-order valence-electron chi connectivity index (χ3n) is 5.33. The third-order valence-corrected chi connectivity index (χ3v) is 5.33. The first-order valence-corrected chi connectivity index (χ1v) is 10.1. The molecule has 0 atom stereocenters. The van der Waals surface area contributed by atoms with Crippen LogP contribution in [0.2, 0.25) is 0 Å². The fourth-order valence-corrected chi connectivity index (χ4v) is 3.82. The second-order valence-electron chi connectivity index (χ2n) is 7.57. The summed E-state index contributed by atoms with van der Waals surface area (Å²) in [6.45, 7) is 3.10. The van der Waals surface area contributed by atoms with E-state index in [1.54, 1.807) is 36.4 Å². The third kappa shape index (κ3) is 3.38. The quantitative estimate of drug-likeness (QED) is 0.270. The van der Waals surface area contributed by atoms with E-state index in [1.165, 1.54) is 25.1 Å². The number of carbonyl (C=O) groups excluding carboxylic acids is 3. The van der Waals surface area contributed by atoms with E-state index in [1.807, 2.05) is 13.0 Å². The Morgan fingerprint density at radius 2 is 1.70 bits per heavy atom. The van der Waals surface area contributed by atoms with E-state index in [4.69, 9.17) is 9.15 Å². The summed E-state index contributed by atoms with van der Waals surface area (Å²) in [7, 11) is 0. The van der Waals surface area contributed by atoms with Crippen LogP contribution in [0.15, 0.2) is 69.9 Å². The molecule has 4 aromatic rings. The summed E-state index contributed by atoms with van der Waals surface area (Å²) >= 11 is 0. The van der Waals surface area contributed by atoms with E-state index in [-0.39, 0.29) is 28.5 Å². The van der Waals surface area contributed by atoms with Crippen LogP contribution in [0.4, 0.5) is 5.69 Å². The van der Waals surface area contributed by atoms with E-state index in [9.17, 15) is 19.2 Å². The summed E-state index contributed by atoms with van der Waals surface area (Å²) in [5, 5.41) is 0.366. The molecule has 1 aliphatic rings. The molecule has 0 spiro atoms. The number of aryl methyl sites for hydroxylation is 1. The van der Waals surface area contributed by atoms with Gasteiger partial charge in [-0.15, -0.1) is 0 Å². The number of amides is 2. The number of esters is 1. The Labute approximate surface area is 187 Å². The lowest BCUT2D eigenvalue weighted by Gasteiger charge is -2.14. The van der Waals surface area contributed by atoms with Gasteiger partial charge in [0.15, 0.2) is 0 Å². The summed E-state index contributed by atoms with van der Waals surface area (Å²) in [5.41, 5.74) is 1.82. The van der Waals surface area contributed by atoms with Crippen LogP contribution in [0.1, 0.15) is 33.2 Å². The van der Waals surface area contributed by atoms with Crippen molar-refractivity contribution in [1.29, 1.82) is 0 Å². The highest BCUT2D eigenvalue weighted by Crippen LogP contribution is 2.33. The van der Waals surface area contributed by atoms with Crippen molar-refractivity contribution in [2.45, 2.75) is 13.8 Å². The predicted octanol–water partition coefficient (Wildman–Crippen LogP) is 3.89. The summed E-state index contributed by atoms with van der Waals surface area (Å²) in [6.07, 6.45) is 0. The number of imide groups is 1. The zero-order valence-electron chi connectivity index (χ0n) is 17.6. The molecule has 33 heavy (non-hydrogen) atoms. The fourth-order valence-electron chi connectivity index (χ4n) is 3.82. The molecular weight excluding hydrogens is 424 g/mol. The molecule has 2 amide bonds. The van der Waals surface area contributed by atoms with E-state index in [2.05, 4.69) is 4.98 Å². The molecule has 0 saturated carbocycles. The SMILES string of the molecule is CC(=O)Oc1cccc(N2C(=O)c3ccc(-c4nc5c(C)cccc5c(=O)o4)cc3C2=O)c1. The van der Waals surface area contributed by atoms with Crippen LogP contribution in [0.5, 0.6) is 5.75 Å². The van der Waals surface area contributed by atoms with Gasteiger partial charge in [-0.1, -0.05) is 18.2 Å². The zero-order valence-corrected chi connectivity index (χ0v) is 17.6. The number of para-hydroxylation sites is 1. The highest BCUT2D eigenvalue weighted by atomic mass is 16.5. The van der Waals surface area contributed by atoms with Crippen LogP contribution in [0.25, 0.3) is 22.4 Å². The topological polar surface area (TPSA) is 107 Å². The van der Waals surface area contributed by atoms with Crippen molar-refractivity contribution in [3.05, 3.63) is 87.8 Å². The van der Waals surface area contributed by atoms with Gasteiger partial charge in [-0.2, -0.15) is 0 Å². The number of anilines is 1. The van der Waals surface area contributed by atoms with Crippen molar-refractivity contribution in [3.8, 4) is 17.2 Å².